The van der Waals surface area contributed by atoms with Crippen molar-refractivity contribution in [3.8, 4) is 11.5 Å². The van der Waals surface area contributed by atoms with E-state index >= 15 is 0 Å². The summed E-state index contributed by atoms with van der Waals surface area (Å²) in [5, 5.41) is 14.8. The number of carbonyl (C=O) groups is 3. The van der Waals surface area contributed by atoms with Crippen molar-refractivity contribution < 1.29 is 29.0 Å². The van der Waals surface area contributed by atoms with Crippen LogP contribution >= 0.6 is 0 Å². The number of carbonyl (C=O) groups excluding carboxylic acids is 2. The fourth-order valence-electron chi connectivity index (χ4n) is 4.72. The number of nitrogens with one attached hydrogen (secondary N) is 2. The van der Waals surface area contributed by atoms with E-state index in [0.717, 1.165) is 29.7 Å². The van der Waals surface area contributed by atoms with Crippen molar-refractivity contribution in [2.45, 2.75) is 57.5 Å². The van der Waals surface area contributed by atoms with Gasteiger partial charge in [0.1, 0.15) is 11.5 Å². The lowest BCUT2D eigenvalue weighted by Gasteiger charge is -2.27. The van der Waals surface area contributed by atoms with Gasteiger partial charge in [-0.25, -0.2) is 0 Å². The van der Waals surface area contributed by atoms with Crippen LogP contribution in [0.2, 0.25) is 0 Å². The summed E-state index contributed by atoms with van der Waals surface area (Å²) in [5.41, 5.74) is 3.01. The first-order valence-electron chi connectivity index (χ1n) is 12.6. The van der Waals surface area contributed by atoms with Gasteiger partial charge in [0.15, 0.2) is 0 Å². The van der Waals surface area contributed by atoms with Gasteiger partial charge in [-0.15, -0.1) is 0 Å². The highest BCUT2D eigenvalue weighted by molar-refractivity contribution is 5.96. The van der Waals surface area contributed by atoms with E-state index in [2.05, 4.69) is 10.6 Å². The van der Waals surface area contributed by atoms with Gasteiger partial charge < -0.3 is 25.2 Å². The minimum atomic E-state index is -0.734. The van der Waals surface area contributed by atoms with Crippen LogP contribution in [0.4, 0.5) is 0 Å². The van der Waals surface area contributed by atoms with Crippen molar-refractivity contribution in [1.82, 2.24) is 10.6 Å². The maximum atomic E-state index is 12.6. The normalized spacial score (nSPS) is 19.3. The molecule has 2 aliphatic rings. The third-order valence-electron chi connectivity index (χ3n) is 6.97. The minimum Gasteiger partial charge on any atom is -0.496 e. The molecule has 0 heterocycles. The first-order chi connectivity index (χ1) is 17.4. The van der Waals surface area contributed by atoms with Crippen LogP contribution in [0.5, 0.6) is 11.5 Å². The second kappa shape index (κ2) is 11.5. The molecule has 2 aliphatic carbocycles. The number of carboxylic acid groups (broad SMARTS) is 1. The van der Waals surface area contributed by atoms with Crippen molar-refractivity contribution in [2.75, 3.05) is 20.2 Å². The van der Waals surface area contributed by atoms with Crippen molar-refractivity contribution in [3.63, 3.8) is 0 Å². The minimum absolute atomic E-state index is 0.00524. The lowest BCUT2D eigenvalue weighted by atomic mass is 9.87. The van der Waals surface area contributed by atoms with Crippen LogP contribution in [0.25, 0.3) is 0 Å². The number of ether oxygens (including phenoxy) is 2. The van der Waals surface area contributed by atoms with Crippen molar-refractivity contribution >= 4 is 17.8 Å². The molecule has 2 saturated carbocycles. The molecular weight excluding hydrogens is 460 g/mol. The van der Waals surface area contributed by atoms with Crippen molar-refractivity contribution in [1.29, 1.82) is 0 Å². The zero-order valence-electron chi connectivity index (χ0n) is 20.8. The van der Waals surface area contributed by atoms with Gasteiger partial charge in [-0.1, -0.05) is 0 Å². The molecule has 2 amide bonds. The van der Waals surface area contributed by atoms with Gasteiger partial charge in [-0.3, -0.25) is 14.4 Å². The molecule has 3 N–H and O–H groups in total. The zero-order chi connectivity index (χ0) is 25.7. The highest BCUT2D eigenvalue weighted by atomic mass is 16.5. The van der Waals surface area contributed by atoms with E-state index in [1.807, 2.05) is 25.1 Å². The Hall–Kier alpha value is -3.55. The number of amides is 2. The number of rotatable bonds is 10. The summed E-state index contributed by atoms with van der Waals surface area (Å²) in [6.45, 7) is 2.47. The Morgan fingerprint density at radius 1 is 0.917 bits per heavy atom. The molecular formula is C28H34N2O6. The van der Waals surface area contributed by atoms with Crippen LogP contribution in [0.15, 0.2) is 36.4 Å². The van der Waals surface area contributed by atoms with Crippen LogP contribution < -0.4 is 20.1 Å². The van der Waals surface area contributed by atoms with E-state index in [1.165, 1.54) is 0 Å². The van der Waals surface area contributed by atoms with E-state index < -0.39 is 5.97 Å². The molecule has 0 spiro atoms. The van der Waals surface area contributed by atoms with Crippen molar-refractivity contribution in [2.24, 2.45) is 5.92 Å². The SMILES string of the molecule is COc1ccc(C(=O)NCCNC(=O)c2ccc(OC3CCC(C(=O)O)CC3)cc2C)cc1C1CC1. The fourth-order valence-corrected chi connectivity index (χ4v) is 4.72. The number of carboxylic acids is 1. The summed E-state index contributed by atoms with van der Waals surface area (Å²) in [7, 11) is 1.64. The molecule has 0 radical (unpaired) electrons. The smallest absolute Gasteiger partial charge is 0.306 e. The highest BCUT2D eigenvalue weighted by Crippen LogP contribution is 2.44. The maximum Gasteiger partial charge on any atom is 0.306 e. The van der Waals surface area contributed by atoms with Gasteiger partial charge in [-0.05, 0) is 98.9 Å². The van der Waals surface area contributed by atoms with Gasteiger partial charge in [0.25, 0.3) is 11.8 Å². The van der Waals surface area contributed by atoms with Crippen LogP contribution in [-0.2, 0) is 4.79 Å². The molecule has 8 heteroatoms. The Balaban J connectivity index is 1.23. The third-order valence-corrected chi connectivity index (χ3v) is 6.97. The lowest BCUT2D eigenvalue weighted by Crippen LogP contribution is -2.35. The van der Waals surface area contributed by atoms with E-state index in [1.54, 1.807) is 25.3 Å². The molecule has 36 heavy (non-hydrogen) atoms. The number of aliphatic carboxylic acids is 1. The molecule has 0 unspecified atom stereocenters. The maximum absolute atomic E-state index is 12.6. The van der Waals surface area contributed by atoms with Gasteiger partial charge in [-0.2, -0.15) is 0 Å². The summed E-state index contributed by atoms with van der Waals surface area (Å²) < 4.78 is 11.4. The first-order valence-corrected chi connectivity index (χ1v) is 12.6. The van der Waals surface area contributed by atoms with E-state index in [0.29, 0.717) is 61.6 Å². The first kappa shape index (κ1) is 25.5. The van der Waals surface area contributed by atoms with Crippen molar-refractivity contribution in [3.05, 3.63) is 58.7 Å². The Morgan fingerprint density at radius 3 is 2.22 bits per heavy atom. The average Bonchev–Trinajstić information content (AvgIpc) is 3.72. The number of hydrogen-bond acceptors (Lipinski definition) is 5. The summed E-state index contributed by atoms with van der Waals surface area (Å²) in [4.78, 5) is 36.3. The molecule has 0 bridgehead atoms. The van der Waals surface area contributed by atoms with E-state index in [-0.39, 0.29) is 23.8 Å². The number of methoxy groups -OCH3 is 1. The fraction of sp³-hybridized carbons (Fsp3) is 0.464. The molecule has 0 aliphatic heterocycles. The second-order valence-corrected chi connectivity index (χ2v) is 9.65. The van der Waals surface area contributed by atoms with Crippen LogP contribution in [0, 0.1) is 12.8 Å². The molecule has 4 rings (SSSR count). The number of hydrogen-bond donors (Lipinski definition) is 3. The molecule has 2 aromatic carbocycles. The highest BCUT2D eigenvalue weighted by Gasteiger charge is 2.28. The van der Waals surface area contributed by atoms with E-state index in [4.69, 9.17) is 14.6 Å². The second-order valence-electron chi connectivity index (χ2n) is 9.65. The number of aryl methyl sites for hydroxylation is 1. The topological polar surface area (TPSA) is 114 Å². The summed E-state index contributed by atoms with van der Waals surface area (Å²) in [6, 6.07) is 10.8. The molecule has 0 atom stereocenters. The van der Waals surface area contributed by atoms with Gasteiger partial charge >= 0.3 is 5.97 Å². The standard InChI is InChI=1S/C28H34N2O6/c1-17-15-22(36-21-8-5-19(6-9-21)28(33)34)10-11-23(17)27(32)30-14-13-29-26(31)20-7-12-25(35-2)24(16-20)18-3-4-18/h7,10-12,15-16,18-19,21H,3-6,8-9,13-14H2,1-2H3,(H,29,31)(H,30,32)(H,33,34). The van der Waals surface area contributed by atoms with Crippen LogP contribution in [-0.4, -0.2) is 49.2 Å². The molecule has 0 saturated heterocycles. The van der Waals surface area contributed by atoms with Gasteiger partial charge in [0, 0.05) is 24.2 Å². The summed E-state index contributed by atoms with van der Waals surface area (Å²) in [6.07, 6.45) is 4.90. The average molecular weight is 495 g/mol. The molecule has 2 aromatic rings. The Kier molecular flexibility index (Phi) is 8.13. The summed E-state index contributed by atoms with van der Waals surface area (Å²) in [5.74, 6) is 0.568. The molecule has 2 fully saturated rings. The van der Waals surface area contributed by atoms with Crippen LogP contribution in [0.3, 0.4) is 0 Å². The Morgan fingerprint density at radius 2 is 1.61 bits per heavy atom. The van der Waals surface area contributed by atoms with Gasteiger partial charge in [0.2, 0.25) is 0 Å². The lowest BCUT2D eigenvalue weighted by molar-refractivity contribution is -0.143. The Bertz CT molecular complexity index is 1120. The number of benzene rings is 2. The predicted molar refractivity (Wildman–Crippen MR) is 135 cm³/mol. The third kappa shape index (κ3) is 6.36. The molecule has 192 valence electrons. The van der Waals surface area contributed by atoms with E-state index in [9.17, 15) is 14.4 Å². The quantitative estimate of drug-likeness (QED) is 0.429. The van der Waals surface area contributed by atoms with Crippen LogP contribution in [0.1, 0.15) is 76.3 Å². The monoisotopic (exact) mass is 494 g/mol. The molecule has 0 aromatic heterocycles. The summed E-state index contributed by atoms with van der Waals surface area (Å²) >= 11 is 0. The van der Waals surface area contributed by atoms with Gasteiger partial charge in [0.05, 0.1) is 19.1 Å². The predicted octanol–water partition coefficient (Wildman–Crippen LogP) is 4.06. The molecule has 8 nitrogen and oxygen atoms in total. The Labute approximate surface area is 211 Å². The zero-order valence-corrected chi connectivity index (χ0v) is 20.8. The largest absolute Gasteiger partial charge is 0.496 e.